The zero-order valence-corrected chi connectivity index (χ0v) is 15.2. The molecule has 23 heavy (non-hydrogen) atoms. The SMILES string of the molecule is CCc1nn(C)c(CC)c1C1[C@H]2CN(C(=O)OC(C)(C)C)C[C@@H]12. The fourth-order valence-corrected chi connectivity index (χ4v) is 4.13. The van der Waals surface area contributed by atoms with Crippen molar-refractivity contribution < 1.29 is 9.53 Å². The van der Waals surface area contributed by atoms with Crippen molar-refractivity contribution in [2.24, 2.45) is 18.9 Å². The van der Waals surface area contributed by atoms with E-state index in [0.29, 0.717) is 17.8 Å². The van der Waals surface area contributed by atoms with E-state index in [1.165, 1.54) is 17.0 Å². The summed E-state index contributed by atoms with van der Waals surface area (Å²) < 4.78 is 7.55. The fourth-order valence-electron chi connectivity index (χ4n) is 4.13. The van der Waals surface area contributed by atoms with Crippen molar-refractivity contribution in [1.82, 2.24) is 14.7 Å². The van der Waals surface area contributed by atoms with Crippen molar-refractivity contribution in [2.45, 2.75) is 59.0 Å². The molecule has 3 atom stereocenters. The summed E-state index contributed by atoms with van der Waals surface area (Å²) in [4.78, 5) is 14.1. The van der Waals surface area contributed by atoms with Gasteiger partial charge < -0.3 is 9.64 Å². The van der Waals surface area contributed by atoms with Gasteiger partial charge in [-0.3, -0.25) is 4.68 Å². The number of hydrogen-bond donors (Lipinski definition) is 0. The number of nitrogens with zero attached hydrogens (tertiary/aromatic N) is 3. The quantitative estimate of drug-likeness (QED) is 0.860. The molecule has 0 radical (unpaired) electrons. The number of ether oxygens (including phenoxy) is 1. The lowest BCUT2D eigenvalue weighted by Gasteiger charge is -2.26. The molecule has 0 spiro atoms. The van der Waals surface area contributed by atoms with Crippen LogP contribution in [0, 0.1) is 11.8 Å². The van der Waals surface area contributed by atoms with Crippen LogP contribution in [-0.2, 0) is 24.6 Å². The summed E-state index contributed by atoms with van der Waals surface area (Å²) in [6, 6.07) is 0. The van der Waals surface area contributed by atoms with Gasteiger partial charge in [0.2, 0.25) is 0 Å². The molecule has 2 heterocycles. The highest BCUT2D eigenvalue weighted by atomic mass is 16.6. The molecular weight excluding hydrogens is 290 g/mol. The number of piperidine rings is 1. The number of carbonyl (C=O) groups is 1. The second-order valence-corrected chi connectivity index (χ2v) is 7.88. The molecule has 1 saturated heterocycles. The first-order valence-corrected chi connectivity index (χ1v) is 8.79. The Kier molecular flexibility index (Phi) is 3.93. The lowest BCUT2D eigenvalue weighted by atomic mass is 10.0. The normalized spacial score (nSPS) is 26.3. The maximum atomic E-state index is 12.2. The molecule has 1 saturated carbocycles. The topological polar surface area (TPSA) is 47.4 Å². The Morgan fingerprint density at radius 1 is 1.22 bits per heavy atom. The van der Waals surface area contributed by atoms with E-state index in [0.717, 1.165) is 25.9 Å². The van der Waals surface area contributed by atoms with Gasteiger partial charge in [0.1, 0.15) is 5.60 Å². The van der Waals surface area contributed by atoms with Crippen LogP contribution in [0.15, 0.2) is 0 Å². The lowest BCUT2D eigenvalue weighted by Crippen LogP contribution is -2.37. The Labute approximate surface area is 139 Å². The predicted molar refractivity (Wildman–Crippen MR) is 89.5 cm³/mol. The second kappa shape index (κ2) is 5.53. The standard InChI is InChI=1S/C18H29N3O2/c1-7-13-16(14(8-2)20(6)19-13)15-11-9-21(10-12(11)15)17(22)23-18(3,4)5/h11-12,15H,7-10H2,1-6H3/t11-,12+,15?. The molecular formula is C18H29N3O2. The molecule has 128 valence electrons. The van der Waals surface area contributed by atoms with Crippen molar-refractivity contribution in [2.75, 3.05) is 13.1 Å². The molecule has 0 bridgehead atoms. The zero-order valence-electron chi connectivity index (χ0n) is 15.2. The molecule has 0 aromatic carbocycles. The average Bonchev–Trinajstić information content (AvgIpc) is 2.83. The molecule has 1 aliphatic heterocycles. The third-order valence-electron chi connectivity index (χ3n) is 5.13. The minimum Gasteiger partial charge on any atom is -0.444 e. The highest BCUT2D eigenvalue weighted by Gasteiger charge is 2.59. The molecule has 1 amide bonds. The van der Waals surface area contributed by atoms with Crippen molar-refractivity contribution in [1.29, 1.82) is 0 Å². The van der Waals surface area contributed by atoms with Crippen molar-refractivity contribution in [3.8, 4) is 0 Å². The van der Waals surface area contributed by atoms with Gasteiger partial charge in [-0.05, 0) is 51.4 Å². The van der Waals surface area contributed by atoms with Crippen molar-refractivity contribution in [3.63, 3.8) is 0 Å². The number of hydrogen-bond acceptors (Lipinski definition) is 3. The van der Waals surface area contributed by atoms with E-state index < -0.39 is 5.60 Å². The van der Waals surface area contributed by atoms with Gasteiger partial charge in [0.25, 0.3) is 0 Å². The number of rotatable bonds is 3. The Bertz CT molecular complexity index is 603. The lowest BCUT2D eigenvalue weighted by molar-refractivity contribution is 0.0271. The Morgan fingerprint density at radius 2 is 1.83 bits per heavy atom. The van der Waals surface area contributed by atoms with Crippen LogP contribution in [0.4, 0.5) is 4.79 Å². The van der Waals surface area contributed by atoms with Gasteiger partial charge in [-0.2, -0.15) is 5.10 Å². The van der Waals surface area contributed by atoms with Gasteiger partial charge in [0, 0.05) is 31.4 Å². The largest absolute Gasteiger partial charge is 0.444 e. The summed E-state index contributed by atoms with van der Waals surface area (Å²) in [6.45, 7) is 11.8. The van der Waals surface area contributed by atoms with Crippen molar-refractivity contribution >= 4 is 6.09 Å². The zero-order chi connectivity index (χ0) is 16.9. The minimum atomic E-state index is -0.419. The van der Waals surface area contributed by atoms with E-state index in [-0.39, 0.29) is 6.09 Å². The Hall–Kier alpha value is -1.52. The number of aryl methyl sites for hydroxylation is 2. The van der Waals surface area contributed by atoms with Crippen LogP contribution in [0.1, 0.15) is 57.5 Å². The summed E-state index contributed by atoms with van der Waals surface area (Å²) in [5, 5.41) is 4.70. The van der Waals surface area contributed by atoms with Crippen molar-refractivity contribution in [3.05, 3.63) is 17.0 Å². The third kappa shape index (κ3) is 2.86. The molecule has 0 N–H and O–H groups in total. The number of aromatic nitrogens is 2. The maximum Gasteiger partial charge on any atom is 0.410 e. The Morgan fingerprint density at radius 3 is 2.30 bits per heavy atom. The van der Waals surface area contributed by atoms with E-state index in [1.807, 2.05) is 37.4 Å². The van der Waals surface area contributed by atoms with Crippen LogP contribution < -0.4 is 0 Å². The third-order valence-corrected chi connectivity index (χ3v) is 5.13. The van der Waals surface area contributed by atoms with Crippen LogP contribution in [0.25, 0.3) is 0 Å². The van der Waals surface area contributed by atoms with Gasteiger partial charge in [-0.15, -0.1) is 0 Å². The van der Waals surface area contributed by atoms with Crippen LogP contribution >= 0.6 is 0 Å². The van der Waals surface area contributed by atoms with Crippen LogP contribution in [-0.4, -0.2) is 39.5 Å². The molecule has 5 heteroatoms. The van der Waals surface area contributed by atoms with Gasteiger partial charge in [0.05, 0.1) is 5.69 Å². The number of likely N-dealkylation sites (tertiary alicyclic amines) is 1. The summed E-state index contributed by atoms with van der Waals surface area (Å²) in [5.74, 6) is 1.76. The minimum absolute atomic E-state index is 0.166. The van der Waals surface area contributed by atoms with Crippen LogP contribution in [0.5, 0.6) is 0 Å². The molecule has 1 aliphatic carbocycles. The van der Waals surface area contributed by atoms with Gasteiger partial charge in [-0.25, -0.2) is 4.79 Å². The summed E-state index contributed by atoms with van der Waals surface area (Å²) in [6.07, 6.45) is 1.83. The van der Waals surface area contributed by atoms with E-state index in [4.69, 9.17) is 9.84 Å². The Balaban J connectivity index is 1.70. The number of amides is 1. The van der Waals surface area contributed by atoms with E-state index >= 15 is 0 Å². The first-order valence-electron chi connectivity index (χ1n) is 8.79. The van der Waals surface area contributed by atoms with Crippen LogP contribution in [0.2, 0.25) is 0 Å². The smallest absolute Gasteiger partial charge is 0.410 e. The van der Waals surface area contributed by atoms with Gasteiger partial charge in [-0.1, -0.05) is 13.8 Å². The molecule has 5 nitrogen and oxygen atoms in total. The molecule has 3 rings (SSSR count). The number of fused-ring (bicyclic) bond motifs is 1. The summed E-state index contributed by atoms with van der Waals surface area (Å²) >= 11 is 0. The fraction of sp³-hybridized carbons (Fsp3) is 0.778. The second-order valence-electron chi connectivity index (χ2n) is 7.88. The molecule has 2 fully saturated rings. The first kappa shape index (κ1) is 16.3. The monoisotopic (exact) mass is 319 g/mol. The maximum absolute atomic E-state index is 12.2. The predicted octanol–water partition coefficient (Wildman–Crippen LogP) is 3.13. The van der Waals surface area contributed by atoms with E-state index in [1.54, 1.807) is 0 Å². The molecule has 1 aromatic rings. The summed E-state index contributed by atoms with van der Waals surface area (Å²) in [5.41, 5.74) is 3.66. The average molecular weight is 319 g/mol. The van der Waals surface area contributed by atoms with Gasteiger partial charge in [0.15, 0.2) is 0 Å². The first-order chi connectivity index (χ1) is 10.8. The van der Waals surface area contributed by atoms with E-state index in [9.17, 15) is 4.79 Å². The number of carbonyl (C=O) groups excluding carboxylic acids is 1. The molecule has 1 unspecified atom stereocenters. The van der Waals surface area contributed by atoms with Gasteiger partial charge >= 0.3 is 6.09 Å². The highest BCUT2D eigenvalue weighted by molar-refractivity contribution is 5.69. The highest BCUT2D eigenvalue weighted by Crippen LogP contribution is 2.59. The van der Waals surface area contributed by atoms with E-state index in [2.05, 4.69) is 13.8 Å². The molecule has 2 aliphatic rings. The summed E-state index contributed by atoms with van der Waals surface area (Å²) in [7, 11) is 2.05. The molecule has 1 aromatic heterocycles. The van der Waals surface area contributed by atoms with Crippen LogP contribution in [0.3, 0.4) is 0 Å².